The number of ether oxygens (including phenoxy) is 1. The maximum absolute atomic E-state index is 13.3. The molecule has 0 saturated carbocycles. The molecule has 1 amide bonds. The number of nitrogens with zero attached hydrogens (tertiary/aromatic N) is 1. The monoisotopic (exact) mass is 488 g/mol. The van der Waals surface area contributed by atoms with E-state index in [9.17, 15) is 17.6 Å². The van der Waals surface area contributed by atoms with Crippen molar-refractivity contribution in [2.24, 2.45) is 0 Å². The van der Waals surface area contributed by atoms with Crippen molar-refractivity contribution in [3.63, 3.8) is 0 Å². The average molecular weight is 489 g/mol. The molecule has 9 heteroatoms. The predicted molar refractivity (Wildman–Crippen MR) is 126 cm³/mol. The fourth-order valence-electron chi connectivity index (χ4n) is 3.59. The topological polar surface area (TPSA) is 75.7 Å². The summed E-state index contributed by atoms with van der Waals surface area (Å²) < 4.78 is 47.0. The molecule has 33 heavy (non-hydrogen) atoms. The van der Waals surface area contributed by atoms with E-state index in [1.165, 1.54) is 16.4 Å². The van der Waals surface area contributed by atoms with Crippen LogP contribution in [0.15, 0.2) is 71.6 Å². The van der Waals surface area contributed by atoms with E-state index < -0.39 is 27.9 Å². The van der Waals surface area contributed by atoms with Gasteiger partial charge in [-0.3, -0.25) is 9.10 Å². The van der Waals surface area contributed by atoms with Gasteiger partial charge in [-0.25, -0.2) is 12.8 Å². The van der Waals surface area contributed by atoms with E-state index in [1.807, 2.05) is 0 Å². The van der Waals surface area contributed by atoms with Crippen molar-refractivity contribution in [1.82, 2.24) is 0 Å². The first-order chi connectivity index (χ1) is 15.6. The fourth-order valence-corrected chi connectivity index (χ4v) is 5.26. The quantitative estimate of drug-likeness (QED) is 0.535. The SMILES string of the molecule is CC(C(=O)Nc1ccc2c(c1)N(S(=O)(=O)c1ccc(F)cc1)C[C@H](C)O2)c1ccc(Cl)cc1. The van der Waals surface area contributed by atoms with Crippen LogP contribution in [0.5, 0.6) is 5.75 Å². The minimum absolute atomic E-state index is 0.0326. The molecule has 0 aliphatic carbocycles. The molecule has 0 spiro atoms. The van der Waals surface area contributed by atoms with Crippen molar-refractivity contribution < 1.29 is 22.3 Å². The number of benzene rings is 3. The molecule has 0 aromatic heterocycles. The molecule has 0 fully saturated rings. The molecule has 172 valence electrons. The lowest BCUT2D eigenvalue weighted by Crippen LogP contribution is -2.42. The fraction of sp³-hybridized carbons (Fsp3) is 0.208. The molecular formula is C24H22ClFN2O4S. The number of hydrogen-bond donors (Lipinski definition) is 1. The second-order valence-corrected chi connectivity index (χ2v) is 10.2. The lowest BCUT2D eigenvalue weighted by Gasteiger charge is -2.34. The molecule has 1 unspecified atom stereocenters. The number of carbonyl (C=O) groups is 1. The smallest absolute Gasteiger partial charge is 0.264 e. The minimum atomic E-state index is -3.97. The van der Waals surface area contributed by atoms with Crippen LogP contribution in [-0.4, -0.2) is 27.0 Å². The van der Waals surface area contributed by atoms with Crippen LogP contribution in [0.25, 0.3) is 0 Å². The summed E-state index contributed by atoms with van der Waals surface area (Å²) in [6.07, 6.45) is -0.391. The Labute approximate surface area is 197 Å². The van der Waals surface area contributed by atoms with Gasteiger partial charge in [0.2, 0.25) is 5.91 Å². The summed E-state index contributed by atoms with van der Waals surface area (Å²) in [7, 11) is -3.97. The normalized spacial score (nSPS) is 16.5. The summed E-state index contributed by atoms with van der Waals surface area (Å²) in [5.74, 6) is -0.850. The number of hydrogen-bond acceptors (Lipinski definition) is 4. The molecule has 0 bridgehead atoms. The van der Waals surface area contributed by atoms with Gasteiger partial charge in [-0.15, -0.1) is 0 Å². The molecule has 6 nitrogen and oxygen atoms in total. The van der Waals surface area contributed by atoms with E-state index in [0.29, 0.717) is 22.1 Å². The van der Waals surface area contributed by atoms with Crippen molar-refractivity contribution in [3.05, 3.63) is 83.1 Å². The Kier molecular flexibility index (Phi) is 6.32. The van der Waals surface area contributed by atoms with Crippen molar-refractivity contribution in [3.8, 4) is 5.75 Å². The molecule has 4 rings (SSSR count). The van der Waals surface area contributed by atoms with Gasteiger partial charge in [0, 0.05) is 10.7 Å². The van der Waals surface area contributed by atoms with E-state index in [4.69, 9.17) is 16.3 Å². The third-order valence-corrected chi connectivity index (χ3v) is 7.46. The maximum Gasteiger partial charge on any atom is 0.264 e. The van der Waals surface area contributed by atoms with Gasteiger partial charge >= 0.3 is 0 Å². The van der Waals surface area contributed by atoms with Crippen LogP contribution < -0.4 is 14.4 Å². The first kappa shape index (κ1) is 23.1. The van der Waals surface area contributed by atoms with Crippen LogP contribution in [0, 0.1) is 5.82 Å². The summed E-state index contributed by atoms with van der Waals surface area (Å²) in [6, 6.07) is 16.5. The zero-order valence-corrected chi connectivity index (χ0v) is 19.5. The van der Waals surface area contributed by atoms with E-state index in [-0.39, 0.29) is 17.3 Å². The van der Waals surface area contributed by atoms with Crippen molar-refractivity contribution in [1.29, 1.82) is 0 Å². The van der Waals surface area contributed by atoms with Crippen LogP contribution in [-0.2, 0) is 14.8 Å². The van der Waals surface area contributed by atoms with E-state index >= 15 is 0 Å². The zero-order valence-electron chi connectivity index (χ0n) is 18.0. The van der Waals surface area contributed by atoms with Gasteiger partial charge in [-0.05, 0) is 74.0 Å². The zero-order chi connectivity index (χ0) is 23.8. The van der Waals surface area contributed by atoms with Crippen LogP contribution >= 0.6 is 11.6 Å². The summed E-state index contributed by atoms with van der Waals surface area (Å²) in [6.45, 7) is 3.61. The Hall–Kier alpha value is -3.10. The van der Waals surface area contributed by atoms with E-state index in [1.54, 1.807) is 56.3 Å². The summed E-state index contributed by atoms with van der Waals surface area (Å²) in [5, 5.41) is 3.42. The van der Waals surface area contributed by atoms with Crippen LogP contribution in [0.3, 0.4) is 0 Å². The lowest BCUT2D eigenvalue weighted by atomic mass is 10.0. The number of fused-ring (bicyclic) bond motifs is 1. The number of carbonyl (C=O) groups excluding carboxylic acids is 1. The third-order valence-electron chi connectivity index (χ3n) is 5.41. The molecule has 1 aliphatic heterocycles. The lowest BCUT2D eigenvalue weighted by molar-refractivity contribution is -0.117. The van der Waals surface area contributed by atoms with Gasteiger partial charge in [-0.1, -0.05) is 23.7 Å². The molecule has 2 atom stereocenters. The number of amides is 1. The van der Waals surface area contributed by atoms with E-state index in [0.717, 1.165) is 17.7 Å². The standard InChI is InChI=1S/C24H22ClFN2O4S/c1-15-14-28(33(30,31)21-10-7-19(26)8-11-21)22-13-20(9-12-23(22)32-15)27-24(29)16(2)17-3-5-18(25)6-4-17/h3-13,15-16H,14H2,1-2H3,(H,27,29)/t15-,16?/m0/s1. The van der Waals surface area contributed by atoms with Gasteiger partial charge < -0.3 is 10.1 Å². The number of nitrogens with one attached hydrogen (secondary N) is 1. The van der Waals surface area contributed by atoms with Gasteiger partial charge in [0.1, 0.15) is 17.7 Å². The molecule has 1 aliphatic rings. The van der Waals surface area contributed by atoms with Crippen LogP contribution in [0.1, 0.15) is 25.3 Å². The highest BCUT2D eigenvalue weighted by atomic mass is 35.5. The van der Waals surface area contributed by atoms with Crippen LogP contribution in [0.4, 0.5) is 15.8 Å². The van der Waals surface area contributed by atoms with Gasteiger partial charge in [0.25, 0.3) is 10.0 Å². The molecule has 3 aromatic carbocycles. The Morgan fingerprint density at radius 2 is 1.79 bits per heavy atom. The molecule has 3 aromatic rings. The highest BCUT2D eigenvalue weighted by Crippen LogP contribution is 2.39. The highest BCUT2D eigenvalue weighted by molar-refractivity contribution is 7.92. The van der Waals surface area contributed by atoms with Crippen molar-refractivity contribution in [2.45, 2.75) is 30.8 Å². The van der Waals surface area contributed by atoms with Gasteiger partial charge in [-0.2, -0.15) is 0 Å². The number of anilines is 2. The Balaban J connectivity index is 1.63. The third kappa shape index (κ3) is 4.82. The summed E-state index contributed by atoms with van der Waals surface area (Å²) >= 11 is 5.92. The second kappa shape index (κ2) is 9.03. The first-order valence-electron chi connectivity index (χ1n) is 10.3. The molecule has 0 radical (unpaired) electrons. The minimum Gasteiger partial charge on any atom is -0.487 e. The molecule has 1 N–H and O–H groups in total. The van der Waals surface area contributed by atoms with Crippen molar-refractivity contribution >= 4 is 38.9 Å². The predicted octanol–water partition coefficient (Wildman–Crippen LogP) is 5.20. The van der Waals surface area contributed by atoms with E-state index in [2.05, 4.69) is 5.32 Å². The van der Waals surface area contributed by atoms with Crippen molar-refractivity contribution in [2.75, 3.05) is 16.2 Å². The first-order valence-corrected chi connectivity index (χ1v) is 12.1. The number of rotatable bonds is 5. The molecule has 0 saturated heterocycles. The summed E-state index contributed by atoms with van der Waals surface area (Å²) in [5.41, 5.74) is 1.53. The highest BCUT2D eigenvalue weighted by Gasteiger charge is 2.33. The van der Waals surface area contributed by atoms with Gasteiger partial charge in [0.05, 0.1) is 23.0 Å². The Morgan fingerprint density at radius 1 is 1.12 bits per heavy atom. The number of sulfonamides is 1. The van der Waals surface area contributed by atoms with Crippen LogP contribution in [0.2, 0.25) is 5.02 Å². The summed E-state index contributed by atoms with van der Waals surface area (Å²) in [4.78, 5) is 12.8. The molecular weight excluding hydrogens is 467 g/mol. The molecule has 1 heterocycles. The van der Waals surface area contributed by atoms with Gasteiger partial charge in [0.15, 0.2) is 0 Å². The average Bonchev–Trinajstić information content (AvgIpc) is 2.79. The Bertz CT molecular complexity index is 1280. The maximum atomic E-state index is 13.3. The Morgan fingerprint density at radius 3 is 2.45 bits per heavy atom. The largest absolute Gasteiger partial charge is 0.487 e. The number of halogens is 2. The second-order valence-electron chi connectivity index (χ2n) is 7.86.